The molecule has 2 aliphatic heterocycles. The van der Waals surface area contributed by atoms with Crippen molar-refractivity contribution in [1.82, 2.24) is 0 Å². The summed E-state index contributed by atoms with van der Waals surface area (Å²) in [6.07, 6.45) is -2.72. The van der Waals surface area contributed by atoms with E-state index in [9.17, 15) is 40.5 Å². The molecular formula is C26H48O11. The highest BCUT2D eigenvalue weighted by Crippen LogP contribution is 2.30. The molecule has 0 aromatic heterocycles. The molecule has 11 heteroatoms. The third-order valence-electron chi connectivity index (χ3n) is 7.34. The first-order valence-electron chi connectivity index (χ1n) is 13.8. The minimum atomic E-state index is -1.72. The average molecular weight is 537 g/mol. The number of hydrogen-bond donors (Lipinski definition) is 7. The van der Waals surface area contributed by atoms with Crippen molar-refractivity contribution in [2.24, 2.45) is 0 Å². The summed E-state index contributed by atoms with van der Waals surface area (Å²) in [5.74, 6) is -0.110. The molecule has 0 amide bonds. The number of aliphatic hydroxyl groups excluding tert-OH is 7. The smallest absolute Gasteiger partial charge is 0.187 e. The Balaban J connectivity index is 1.77. The van der Waals surface area contributed by atoms with Gasteiger partial charge in [0.2, 0.25) is 0 Å². The zero-order valence-corrected chi connectivity index (χ0v) is 21.9. The topological polar surface area (TPSA) is 186 Å². The molecule has 2 fully saturated rings. The summed E-state index contributed by atoms with van der Waals surface area (Å²) < 4.78 is 16.5. The highest BCUT2D eigenvalue weighted by atomic mass is 16.7. The van der Waals surface area contributed by atoms with Crippen LogP contribution in [0.4, 0.5) is 0 Å². The van der Waals surface area contributed by atoms with Gasteiger partial charge in [-0.3, -0.25) is 4.79 Å². The van der Waals surface area contributed by atoms with E-state index in [4.69, 9.17) is 14.2 Å². The summed E-state index contributed by atoms with van der Waals surface area (Å²) in [7, 11) is 0. The predicted octanol–water partition coefficient (Wildman–Crippen LogP) is -0.0768. The maximum atomic E-state index is 12.5. The highest BCUT2D eigenvalue weighted by molar-refractivity contribution is 5.78. The van der Waals surface area contributed by atoms with Gasteiger partial charge in [0.1, 0.15) is 54.6 Å². The van der Waals surface area contributed by atoms with Crippen molar-refractivity contribution >= 4 is 5.78 Å². The van der Waals surface area contributed by atoms with Gasteiger partial charge in [0, 0.05) is 12.8 Å². The largest absolute Gasteiger partial charge is 0.394 e. The quantitative estimate of drug-likeness (QED) is 0.123. The maximum absolute atomic E-state index is 12.5. The van der Waals surface area contributed by atoms with Crippen LogP contribution in [0.25, 0.3) is 0 Å². The van der Waals surface area contributed by atoms with E-state index in [-0.39, 0.29) is 12.2 Å². The van der Waals surface area contributed by atoms with Crippen LogP contribution in [0.15, 0.2) is 0 Å². The molecule has 0 spiro atoms. The van der Waals surface area contributed by atoms with Crippen molar-refractivity contribution in [2.75, 3.05) is 13.2 Å². The summed E-state index contributed by atoms with van der Waals surface area (Å²) in [6, 6.07) is 0. The normalized spacial score (nSPS) is 36.5. The second kappa shape index (κ2) is 17.1. The second-order valence-corrected chi connectivity index (χ2v) is 10.3. The number of unbranched alkanes of at least 4 members (excludes halogenated alkanes) is 9. The number of hydrogen-bond acceptors (Lipinski definition) is 11. The molecule has 0 bridgehead atoms. The van der Waals surface area contributed by atoms with Gasteiger partial charge in [-0.05, 0) is 6.42 Å². The van der Waals surface area contributed by atoms with Gasteiger partial charge < -0.3 is 50.0 Å². The summed E-state index contributed by atoms with van der Waals surface area (Å²) in [4.78, 5) is 12.5. The average Bonchev–Trinajstić information content (AvgIpc) is 2.89. The van der Waals surface area contributed by atoms with E-state index in [1.807, 2.05) is 0 Å². The predicted molar refractivity (Wildman–Crippen MR) is 132 cm³/mol. The van der Waals surface area contributed by atoms with Crippen LogP contribution in [0, 0.1) is 0 Å². The van der Waals surface area contributed by atoms with Gasteiger partial charge in [-0.1, -0.05) is 64.7 Å². The van der Waals surface area contributed by atoms with Gasteiger partial charge >= 0.3 is 0 Å². The first-order valence-corrected chi connectivity index (χ1v) is 13.8. The lowest BCUT2D eigenvalue weighted by atomic mass is 9.91. The van der Waals surface area contributed by atoms with E-state index in [1.165, 1.54) is 38.5 Å². The minimum Gasteiger partial charge on any atom is -0.394 e. The number of ether oxygens (including phenoxy) is 3. The van der Waals surface area contributed by atoms with E-state index in [0.29, 0.717) is 6.42 Å². The molecular weight excluding hydrogens is 488 g/mol. The van der Waals surface area contributed by atoms with Crippen molar-refractivity contribution in [2.45, 2.75) is 145 Å². The van der Waals surface area contributed by atoms with Gasteiger partial charge in [0.05, 0.1) is 19.3 Å². The van der Waals surface area contributed by atoms with Crippen LogP contribution in [0.1, 0.15) is 84.0 Å². The Labute approximate surface area is 219 Å². The number of ketones is 1. The molecule has 218 valence electrons. The first-order chi connectivity index (χ1) is 17.7. The maximum Gasteiger partial charge on any atom is 0.187 e. The molecule has 11 nitrogen and oxygen atoms in total. The fourth-order valence-electron chi connectivity index (χ4n) is 4.97. The number of aliphatic hydroxyl groups is 7. The Bertz CT molecular complexity index is 632. The molecule has 0 aromatic carbocycles. The van der Waals surface area contributed by atoms with Gasteiger partial charge in [-0.25, -0.2) is 0 Å². The van der Waals surface area contributed by atoms with E-state index in [1.54, 1.807) is 0 Å². The summed E-state index contributed by atoms with van der Waals surface area (Å²) in [6.45, 7) is 0.924. The summed E-state index contributed by atoms with van der Waals surface area (Å²) in [5.41, 5.74) is 0. The van der Waals surface area contributed by atoms with Crippen LogP contribution in [0.3, 0.4) is 0 Å². The van der Waals surface area contributed by atoms with Crippen molar-refractivity contribution in [3.8, 4) is 0 Å². The molecule has 0 aliphatic carbocycles. The molecule has 7 N–H and O–H groups in total. The lowest BCUT2D eigenvalue weighted by Gasteiger charge is -2.46. The molecule has 0 aromatic rings. The summed E-state index contributed by atoms with van der Waals surface area (Å²) >= 11 is 0. The van der Waals surface area contributed by atoms with Gasteiger partial charge in [-0.15, -0.1) is 0 Å². The Morgan fingerprint density at radius 2 is 1.19 bits per heavy atom. The fourth-order valence-corrected chi connectivity index (χ4v) is 4.97. The third-order valence-corrected chi connectivity index (χ3v) is 7.34. The number of carbonyl (C=O) groups excluding carboxylic acids is 1. The van der Waals surface area contributed by atoms with E-state index in [0.717, 1.165) is 25.7 Å². The number of carbonyl (C=O) groups is 1. The van der Waals surface area contributed by atoms with Crippen LogP contribution >= 0.6 is 0 Å². The van der Waals surface area contributed by atoms with Gasteiger partial charge in [0.15, 0.2) is 6.29 Å². The zero-order valence-electron chi connectivity index (χ0n) is 21.9. The molecule has 2 heterocycles. The molecule has 2 saturated heterocycles. The Hall–Kier alpha value is -0.730. The SMILES string of the molecule is CCCCCCCCCCCCC(=O)C[C@@H]1O[C@H](CO)[C@@H](O[C@@H]2O[C@H](CO)[C@@H](O)[C@H](O)[C@H]2O)[C@H](O)[C@H]1O. The van der Waals surface area contributed by atoms with Gasteiger partial charge in [-0.2, -0.15) is 0 Å². The standard InChI is InChI=1S/C26H48O11/c1-2-3-4-5-6-7-8-9-10-11-12-16(29)13-17-20(30)23(33)25(19(15-28)35-17)37-26-24(34)22(32)21(31)18(14-27)36-26/h17-28,30-34H,2-15H2,1H3/t17-,18+,19+,20-,21+,22-,23+,24+,25+,26-/m0/s1. The van der Waals surface area contributed by atoms with E-state index in [2.05, 4.69) is 6.92 Å². The first kappa shape index (κ1) is 32.5. The Morgan fingerprint density at radius 1 is 0.649 bits per heavy atom. The highest BCUT2D eigenvalue weighted by Gasteiger charge is 2.50. The van der Waals surface area contributed by atoms with Crippen LogP contribution in [-0.2, 0) is 19.0 Å². The lowest BCUT2D eigenvalue weighted by molar-refractivity contribution is -0.341. The van der Waals surface area contributed by atoms with E-state index >= 15 is 0 Å². The van der Waals surface area contributed by atoms with Crippen molar-refractivity contribution < 1.29 is 54.8 Å². The number of rotatable bonds is 17. The molecule has 10 atom stereocenters. The van der Waals surface area contributed by atoms with E-state index < -0.39 is 74.4 Å². The molecule has 37 heavy (non-hydrogen) atoms. The molecule has 0 radical (unpaired) electrons. The fraction of sp³-hybridized carbons (Fsp3) is 0.962. The van der Waals surface area contributed by atoms with Crippen LogP contribution in [-0.4, -0.2) is 116 Å². The van der Waals surface area contributed by atoms with Crippen LogP contribution in [0.5, 0.6) is 0 Å². The van der Waals surface area contributed by atoms with Crippen LogP contribution in [0.2, 0.25) is 0 Å². The minimum absolute atomic E-state index is 0.110. The van der Waals surface area contributed by atoms with Gasteiger partial charge in [0.25, 0.3) is 0 Å². The molecule has 2 aliphatic rings. The van der Waals surface area contributed by atoms with Crippen LogP contribution < -0.4 is 0 Å². The molecule has 0 unspecified atom stereocenters. The lowest BCUT2D eigenvalue weighted by Crippen LogP contribution is -2.64. The van der Waals surface area contributed by atoms with Crippen molar-refractivity contribution in [3.05, 3.63) is 0 Å². The Morgan fingerprint density at radius 3 is 1.76 bits per heavy atom. The van der Waals surface area contributed by atoms with Crippen molar-refractivity contribution in [3.63, 3.8) is 0 Å². The third kappa shape index (κ3) is 9.75. The zero-order chi connectivity index (χ0) is 27.4. The summed E-state index contributed by atoms with van der Waals surface area (Å²) in [5, 5.41) is 70.4. The Kier molecular flexibility index (Phi) is 15.0. The molecule has 2 rings (SSSR count). The second-order valence-electron chi connectivity index (χ2n) is 10.3. The number of Topliss-reactive ketones (excluding diaryl/α,β-unsaturated/α-hetero) is 1. The van der Waals surface area contributed by atoms with Crippen molar-refractivity contribution in [1.29, 1.82) is 0 Å². The molecule has 0 saturated carbocycles. The monoisotopic (exact) mass is 536 g/mol.